The van der Waals surface area contributed by atoms with Crippen LogP contribution in [0.15, 0.2) is 59.2 Å². The van der Waals surface area contributed by atoms with E-state index >= 15 is 0 Å². The van der Waals surface area contributed by atoms with Crippen molar-refractivity contribution in [1.82, 2.24) is 20.1 Å². The Hall–Kier alpha value is -3.28. The third-order valence-corrected chi connectivity index (χ3v) is 5.92. The van der Waals surface area contributed by atoms with Crippen LogP contribution in [0.1, 0.15) is 33.1 Å². The molecule has 198 valence electrons. The first-order chi connectivity index (χ1) is 17.8. The third-order valence-electron chi connectivity index (χ3n) is 5.92. The largest absolute Gasteiger partial charge is 0.447 e. The maximum atomic E-state index is 13.7. The highest BCUT2D eigenvalue weighted by molar-refractivity contribution is 5.91. The number of morpholine rings is 1. The average Bonchev–Trinajstić information content (AvgIpc) is 3.33. The molecule has 11 heteroatoms. The highest BCUT2D eigenvalue weighted by Gasteiger charge is 2.30. The minimum Gasteiger partial charge on any atom is -0.447 e. The van der Waals surface area contributed by atoms with E-state index in [2.05, 4.69) is 15.2 Å². The predicted molar refractivity (Wildman–Crippen MR) is 127 cm³/mol. The fraction of sp³-hybridized carbons (Fsp3) is 0.385. The number of ether oxygens (including phenoxy) is 1. The van der Waals surface area contributed by atoms with E-state index in [1.165, 1.54) is 24.5 Å². The Morgan fingerprint density at radius 1 is 1.03 bits per heavy atom. The van der Waals surface area contributed by atoms with Gasteiger partial charge in [-0.1, -0.05) is 30.3 Å². The number of alkyl halides is 3. The van der Waals surface area contributed by atoms with E-state index in [-0.39, 0.29) is 37.1 Å². The summed E-state index contributed by atoms with van der Waals surface area (Å²) in [4.78, 5) is 20.7. The lowest BCUT2D eigenvalue weighted by atomic mass is 10.1. The van der Waals surface area contributed by atoms with Gasteiger partial charge in [-0.05, 0) is 29.3 Å². The minimum atomic E-state index is -4.46. The van der Waals surface area contributed by atoms with Gasteiger partial charge in [0, 0.05) is 39.3 Å². The van der Waals surface area contributed by atoms with Gasteiger partial charge in [0.05, 0.1) is 25.3 Å². The molecule has 1 amide bonds. The maximum Gasteiger partial charge on any atom is 0.416 e. The zero-order chi connectivity index (χ0) is 26.3. The summed E-state index contributed by atoms with van der Waals surface area (Å²) in [5.74, 6) is -0.566. The van der Waals surface area contributed by atoms with E-state index in [4.69, 9.17) is 9.15 Å². The van der Waals surface area contributed by atoms with Crippen LogP contribution in [-0.4, -0.2) is 60.1 Å². The number of nitrogens with zero attached hydrogens (tertiary/aromatic N) is 3. The molecule has 1 aliphatic heterocycles. The zero-order valence-electron chi connectivity index (χ0n) is 20.1. The van der Waals surface area contributed by atoms with Crippen molar-refractivity contribution in [2.24, 2.45) is 0 Å². The fourth-order valence-corrected chi connectivity index (χ4v) is 4.09. The smallest absolute Gasteiger partial charge is 0.416 e. The summed E-state index contributed by atoms with van der Waals surface area (Å²) < 4.78 is 64.1. The molecule has 0 radical (unpaired) electrons. The van der Waals surface area contributed by atoms with Gasteiger partial charge in [-0.3, -0.25) is 14.6 Å². The van der Waals surface area contributed by atoms with Gasteiger partial charge < -0.3 is 14.5 Å². The first-order valence-electron chi connectivity index (χ1n) is 11.9. The normalized spacial score (nSPS) is 14.7. The Morgan fingerprint density at radius 3 is 2.43 bits per heavy atom. The minimum absolute atomic E-state index is 0.105. The van der Waals surface area contributed by atoms with E-state index in [9.17, 15) is 22.4 Å². The lowest BCUT2D eigenvalue weighted by Crippen LogP contribution is -2.41. The van der Waals surface area contributed by atoms with Crippen molar-refractivity contribution in [3.05, 3.63) is 88.9 Å². The van der Waals surface area contributed by atoms with Crippen LogP contribution < -0.4 is 5.32 Å². The average molecular weight is 521 g/mol. The number of hydrogen-bond acceptors (Lipinski definition) is 6. The monoisotopic (exact) mass is 520 g/mol. The van der Waals surface area contributed by atoms with E-state index in [1.807, 2.05) is 0 Å². The lowest BCUT2D eigenvalue weighted by Gasteiger charge is -2.26. The molecular formula is C26H28F4N4O3. The summed E-state index contributed by atoms with van der Waals surface area (Å²) in [6.07, 6.45) is -3.21. The molecule has 37 heavy (non-hydrogen) atoms. The Kier molecular flexibility index (Phi) is 8.91. The van der Waals surface area contributed by atoms with Gasteiger partial charge in [0.2, 0.25) is 5.89 Å². The van der Waals surface area contributed by atoms with Gasteiger partial charge in [0.1, 0.15) is 12.1 Å². The van der Waals surface area contributed by atoms with Crippen molar-refractivity contribution in [2.75, 3.05) is 39.4 Å². The van der Waals surface area contributed by atoms with Crippen LogP contribution >= 0.6 is 0 Å². The van der Waals surface area contributed by atoms with Gasteiger partial charge >= 0.3 is 6.18 Å². The molecule has 1 fully saturated rings. The number of aromatic nitrogens is 1. The van der Waals surface area contributed by atoms with Crippen LogP contribution in [-0.2, 0) is 30.5 Å². The second-order valence-electron chi connectivity index (χ2n) is 8.81. The second kappa shape index (κ2) is 12.3. The summed E-state index contributed by atoms with van der Waals surface area (Å²) in [6.45, 7) is 4.59. The van der Waals surface area contributed by atoms with E-state index in [0.29, 0.717) is 37.4 Å². The van der Waals surface area contributed by atoms with Crippen molar-refractivity contribution in [1.29, 1.82) is 0 Å². The fourth-order valence-electron chi connectivity index (χ4n) is 4.09. The number of oxazole rings is 1. The molecule has 2 aromatic carbocycles. The molecule has 1 aliphatic rings. The molecule has 1 aromatic heterocycles. The summed E-state index contributed by atoms with van der Waals surface area (Å²) in [7, 11) is 0. The zero-order valence-corrected chi connectivity index (χ0v) is 20.1. The van der Waals surface area contributed by atoms with Crippen molar-refractivity contribution in [3.8, 4) is 0 Å². The van der Waals surface area contributed by atoms with E-state index in [0.717, 1.165) is 25.2 Å². The van der Waals surface area contributed by atoms with Crippen molar-refractivity contribution >= 4 is 5.91 Å². The molecule has 0 bridgehead atoms. The molecule has 1 saturated heterocycles. The molecule has 7 nitrogen and oxygen atoms in total. The molecule has 2 heterocycles. The van der Waals surface area contributed by atoms with Crippen LogP contribution in [0, 0.1) is 5.82 Å². The topological polar surface area (TPSA) is 70.8 Å². The Bertz CT molecular complexity index is 1180. The van der Waals surface area contributed by atoms with Gasteiger partial charge in [-0.2, -0.15) is 13.2 Å². The van der Waals surface area contributed by atoms with Crippen molar-refractivity contribution in [3.63, 3.8) is 0 Å². The summed E-state index contributed by atoms with van der Waals surface area (Å²) in [6, 6.07) is 11.0. The molecule has 0 atom stereocenters. The van der Waals surface area contributed by atoms with E-state index in [1.54, 1.807) is 23.1 Å². The molecule has 0 spiro atoms. The predicted octanol–water partition coefficient (Wildman–Crippen LogP) is 4.10. The Balaban J connectivity index is 1.42. The molecule has 0 saturated carbocycles. The first-order valence-corrected chi connectivity index (χ1v) is 11.9. The number of benzene rings is 2. The lowest BCUT2D eigenvalue weighted by molar-refractivity contribution is -0.137. The molecular weight excluding hydrogens is 492 g/mol. The Labute approximate surface area is 212 Å². The summed E-state index contributed by atoms with van der Waals surface area (Å²) in [5.41, 5.74) is 0.433. The highest BCUT2D eigenvalue weighted by Crippen LogP contribution is 2.30. The maximum absolute atomic E-state index is 13.7. The van der Waals surface area contributed by atoms with Crippen LogP contribution in [0.5, 0.6) is 0 Å². The van der Waals surface area contributed by atoms with Crippen LogP contribution in [0.25, 0.3) is 0 Å². The standard InChI is InChI=1S/C26H28F4N4O3/c27-22-6-2-4-20(14-22)16-34(15-19-3-1-5-21(13-19)26(28,29)30)17-24-32-23(18-37-24)25(35)31-7-8-33-9-11-36-12-10-33/h1-6,13-14,18H,7-12,15-17H2,(H,31,35). The van der Waals surface area contributed by atoms with Crippen LogP contribution in [0.2, 0.25) is 0 Å². The molecule has 0 aliphatic carbocycles. The molecule has 4 rings (SSSR count). The van der Waals surface area contributed by atoms with Gasteiger partial charge in [0.25, 0.3) is 5.91 Å². The number of halogens is 4. The SMILES string of the molecule is O=C(NCCN1CCOCC1)c1coc(CN(Cc2cccc(F)c2)Cc2cccc(C(F)(F)F)c2)n1. The number of hydrogen-bond donors (Lipinski definition) is 1. The summed E-state index contributed by atoms with van der Waals surface area (Å²) in [5, 5.41) is 2.81. The van der Waals surface area contributed by atoms with Crippen LogP contribution in [0.3, 0.4) is 0 Å². The van der Waals surface area contributed by atoms with Crippen molar-refractivity contribution < 1.29 is 31.5 Å². The molecule has 3 aromatic rings. The molecule has 1 N–H and O–H groups in total. The Morgan fingerprint density at radius 2 is 1.73 bits per heavy atom. The first kappa shape index (κ1) is 26.8. The highest BCUT2D eigenvalue weighted by atomic mass is 19.4. The summed E-state index contributed by atoms with van der Waals surface area (Å²) >= 11 is 0. The van der Waals surface area contributed by atoms with Crippen LogP contribution in [0.4, 0.5) is 17.6 Å². The van der Waals surface area contributed by atoms with Crippen molar-refractivity contribution in [2.45, 2.75) is 25.8 Å². The van der Waals surface area contributed by atoms with Gasteiger partial charge in [-0.15, -0.1) is 0 Å². The van der Waals surface area contributed by atoms with Gasteiger partial charge in [-0.25, -0.2) is 9.37 Å². The second-order valence-corrected chi connectivity index (χ2v) is 8.81. The quantitative estimate of drug-likeness (QED) is 0.406. The third kappa shape index (κ3) is 8.11. The number of carbonyl (C=O) groups excluding carboxylic acids is 1. The van der Waals surface area contributed by atoms with E-state index < -0.39 is 17.6 Å². The number of amides is 1. The van der Waals surface area contributed by atoms with Gasteiger partial charge in [0.15, 0.2) is 5.69 Å². The molecule has 0 unspecified atom stereocenters. The number of rotatable bonds is 10. The number of nitrogens with one attached hydrogen (secondary N) is 1. The number of carbonyl (C=O) groups is 1.